The molecule has 1 aromatic heterocycles. The molecule has 0 bridgehead atoms. The van der Waals surface area contributed by atoms with Gasteiger partial charge in [0.25, 0.3) is 5.91 Å². The molecular formula is C20H16BrNO3S. The molecule has 1 N–H and O–H groups in total. The first-order chi connectivity index (χ1) is 12.5. The number of esters is 1. The van der Waals surface area contributed by atoms with Crippen LogP contribution < -0.4 is 5.32 Å². The van der Waals surface area contributed by atoms with Crippen molar-refractivity contribution in [3.05, 3.63) is 75.1 Å². The van der Waals surface area contributed by atoms with Gasteiger partial charge in [-0.3, -0.25) is 4.79 Å². The lowest BCUT2D eigenvalue weighted by Gasteiger charge is -2.08. The fourth-order valence-corrected chi connectivity index (χ4v) is 3.69. The van der Waals surface area contributed by atoms with Gasteiger partial charge < -0.3 is 10.1 Å². The number of anilines is 1. The van der Waals surface area contributed by atoms with Crippen molar-refractivity contribution in [2.24, 2.45) is 0 Å². The van der Waals surface area contributed by atoms with Gasteiger partial charge in [0.1, 0.15) is 10.6 Å². The largest absolute Gasteiger partial charge is 0.465 e. The molecule has 0 aliphatic rings. The van der Waals surface area contributed by atoms with Crippen LogP contribution in [0.3, 0.4) is 0 Å². The molecule has 26 heavy (non-hydrogen) atoms. The zero-order valence-corrected chi connectivity index (χ0v) is 16.6. The molecule has 0 saturated heterocycles. The van der Waals surface area contributed by atoms with Gasteiger partial charge in [0, 0.05) is 21.0 Å². The number of carbonyl (C=O) groups excluding carboxylic acids is 2. The van der Waals surface area contributed by atoms with Crippen LogP contribution in [0, 0.1) is 6.92 Å². The van der Waals surface area contributed by atoms with Gasteiger partial charge in [0.05, 0.1) is 7.11 Å². The number of thiophene rings is 1. The molecule has 4 nitrogen and oxygen atoms in total. The third-order valence-corrected chi connectivity index (χ3v) is 5.30. The quantitative estimate of drug-likeness (QED) is 0.555. The van der Waals surface area contributed by atoms with E-state index < -0.39 is 5.97 Å². The van der Waals surface area contributed by atoms with Gasteiger partial charge in [0.15, 0.2) is 0 Å². The van der Waals surface area contributed by atoms with E-state index in [2.05, 4.69) is 21.2 Å². The lowest BCUT2D eigenvalue weighted by molar-refractivity contribution is 0.0603. The minimum Gasteiger partial charge on any atom is -0.465 e. The zero-order chi connectivity index (χ0) is 18.7. The Kier molecular flexibility index (Phi) is 5.54. The normalized spacial score (nSPS) is 10.4. The van der Waals surface area contributed by atoms with Crippen molar-refractivity contribution in [3.8, 4) is 11.1 Å². The number of benzene rings is 2. The standard InChI is InChI=1S/C20H16BrNO3S/c1-12-3-5-14(6-4-12)18(23)22-19-17(20(24)25-2)16(11-26-19)13-7-9-15(21)10-8-13/h3-11H,1-2H3,(H,22,23). The minimum absolute atomic E-state index is 0.264. The summed E-state index contributed by atoms with van der Waals surface area (Å²) in [6.45, 7) is 1.96. The van der Waals surface area contributed by atoms with Crippen molar-refractivity contribution in [1.29, 1.82) is 0 Å². The smallest absolute Gasteiger partial charge is 0.341 e. The van der Waals surface area contributed by atoms with Crippen molar-refractivity contribution in [3.63, 3.8) is 0 Å². The summed E-state index contributed by atoms with van der Waals surface area (Å²) in [6, 6.07) is 14.9. The Morgan fingerprint density at radius 1 is 1.04 bits per heavy atom. The Labute approximate surface area is 163 Å². The molecule has 0 atom stereocenters. The molecule has 1 amide bonds. The summed E-state index contributed by atoms with van der Waals surface area (Å²) in [5.74, 6) is -0.747. The van der Waals surface area contributed by atoms with E-state index in [1.807, 2.05) is 48.7 Å². The van der Waals surface area contributed by atoms with Crippen molar-refractivity contribution in [2.45, 2.75) is 6.92 Å². The summed E-state index contributed by atoms with van der Waals surface area (Å²) in [5, 5.41) is 5.15. The van der Waals surface area contributed by atoms with E-state index in [0.29, 0.717) is 16.1 Å². The van der Waals surface area contributed by atoms with E-state index in [-0.39, 0.29) is 5.91 Å². The number of methoxy groups -OCH3 is 1. The molecule has 0 aliphatic heterocycles. The predicted molar refractivity (Wildman–Crippen MR) is 108 cm³/mol. The van der Waals surface area contributed by atoms with Crippen molar-refractivity contribution < 1.29 is 14.3 Å². The second kappa shape index (κ2) is 7.85. The van der Waals surface area contributed by atoms with Crippen LogP contribution in [-0.2, 0) is 4.74 Å². The summed E-state index contributed by atoms with van der Waals surface area (Å²) in [4.78, 5) is 24.9. The average molecular weight is 430 g/mol. The van der Waals surface area contributed by atoms with E-state index in [1.54, 1.807) is 12.1 Å². The first-order valence-electron chi connectivity index (χ1n) is 7.83. The predicted octanol–water partition coefficient (Wildman–Crippen LogP) is 5.52. The Morgan fingerprint density at radius 3 is 2.31 bits per heavy atom. The van der Waals surface area contributed by atoms with E-state index in [4.69, 9.17) is 4.74 Å². The van der Waals surface area contributed by atoms with Crippen LogP contribution in [0.1, 0.15) is 26.3 Å². The average Bonchev–Trinajstić information content (AvgIpc) is 3.05. The van der Waals surface area contributed by atoms with Crippen LogP contribution in [0.5, 0.6) is 0 Å². The molecule has 3 rings (SSSR count). The maximum Gasteiger partial charge on any atom is 0.341 e. The monoisotopic (exact) mass is 429 g/mol. The summed E-state index contributed by atoms with van der Waals surface area (Å²) in [7, 11) is 1.33. The summed E-state index contributed by atoms with van der Waals surface area (Å²) in [5.41, 5.74) is 3.57. The van der Waals surface area contributed by atoms with Crippen LogP contribution in [0.4, 0.5) is 5.00 Å². The van der Waals surface area contributed by atoms with Gasteiger partial charge in [-0.05, 0) is 36.8 Å². The highest BCUT2D eigenvalue weighted by Crippen LogP contribution is 2.36. The van der Waals surface area contributed by atoms with Crippen LogP contribution in [0.2, 0.25) is 0 Å². The number of rotatable bonds is 4. The molecule has 0 saturated carbocycles. The number of ether oxygens (including phenoxy) is 1. The second-order valence-corrected chi connectivity index (χ2v) is 7.47. The molecule has 0 radical (unpaired) electrons. The molecule has 132 valence electrons. The first kappa shape index (κ1) is 18.4. The molecule has 2 aromatic carbocycles. The molecule has 0 fully saturated rings. The number of carbonyl (C=O) groups is 2. The molecule has 3 aromatic rings. The van der Waals surface area contributed by atoms with Crippen LogP contribution in [0.25, 0.3) is 11.1 Å². The third kappa shape index (κ3) is 3.86. The van der Waals surface area contributed by atoms with Crippen LogP contribution >= 0.6 is 27.3 Å². The van der Waals surface area contributed by atoms with Gasteiger partial charge in [-0.1, -0.05) is 45.8 Å². The Morgan fingerprint density at radius 2 is 1.69 bits per heavy atom. The molecule has 0 spiro atoms. The Balaban J connectivity index is 1.96. The van der Waals surface area contributed by atoms with Gasteiger partial charge in [-0.15, -0.1) is 11.3 Å². The highest BCUT2D eigenvalue weighted by atomic mass is 79.9. The third-order valence-electron chi connectivity index (χ3n) is 3.88. The number of nitrogens with one attached hydrogen (secondary N) is 1. The maximum absolute atomic E-state index is 12.5. The fourth-order valence-electron chi connectivity index (χ4n) is 2.48. The molecule has 0 unspecified atom stereocenters. The van der Waals surface area contributed by atoms with E-state index >= 15 is 0 Å². The van der Waals surface area contributed by atoms with Gasteiger partial charge in [-0.25, -0.2) is 4.79 Å². The highest BCUT2D eigenvalue weighted by Gasteiger charge is 2.22. The first-order valence-corrected chi connectivity index (χ1v) is 9.50. The maximum atomic E-state index is 12.5. The number of hydrogen-bond donors (Lipinski definition) is 1. The van der Waals surface area contributed by atoms with Gasteiger partial charge >= 0.3 is 5.97 Å². The van der Waals surface area contributed by atoms with Crippen molar-refractivity contribution >= 4 is 44.1 Å². The number of amides is 1. The Hall–Kier alpha value is -2.44. The van der Waals surface area contributed by atoms with Crippen molar-refractivity contribution in [2.75, 3.05) is 12.4 Å². The molecule has 1 heterocycles. The van der Waals surface area contributed by atoms with Gasteiger partial charge in [-0.2, -0.15) is 0 Å². The van der Waals surface area contributed by atoms with Gasteiger partial charge in [0.2, 0.25) is 0 Å². The Bertz CT molecular complexity index is 946. The fraction of sp³-hybridized carbons (Fsp3) is 0.100. The molecular weight excluding hydrogens is 414 g/mol. The molecule has 0 aliphatic carbocycles. The summed E-state index contributed by atoms with van der Waals surface area (Å²) in [6.07, 6.45) is 0. The number of halogens is 1. The summed E-state index contributed by atoms with van der Waals surface area (Å²) < 4.78 is 5.88. The van der Waals surface area contributed by atoms with Crippen molar-refractivity contribution in [1.82, 2.24) is 0 Å². The van der Waals surface area contributed by atoms with Crippen LogP contribution in [0.15, 0.2) is 58.4 Å². The SMILES string of the molecule is COC(=O)c1c(-c2ccc(Br)cc2)csc1NC(=O)c1ccc(C)cc1. The highest BCUT2D eigenvalue weighted by molar-refractivity contribution is 9.10. The lowest BCUT2D eigenvalue weighted by Crippen LogP contribution is -2.14. The van der Waals surface area contributed by atoms with E-state index in [1.165, 1.54) is 18.4 Å². The topological polar surface area (TPSA) is 55.4 Å². The van der Waals surface area contributed by atoms with Crippen LogP contribution in [-0.4, -0.2) is 19.0 Å². The summed E-state index contributed by atoms with van der Waals surface area (Å²) >= 11 is 4.70. The number of hydrogen-bond acceptors (Lipinski definition) is 4. The zero-order valence-electron chi connectivity index (χ0n) is 14.2. The number of aryl methyl sites for hydroxylation is 1. The second-order valence-electron chi connectivity index (χ2n) is 5.67. The molecule has 6 heteroatoms. The lowest BCUT2D eigenvalue weighted by atomic mass is 10.0. The van der Waals surface area contributed by atoms with E-state index in [0.717, 1.165) is 21.2 Å². The minimum atomic E-state index is -0.483. The van der Waals surface area contributed by atoms with E-state index in [9.17, 15) is 9.59 Å².